The van der Waals surface area contributed by atoms with Crippen molar-refractivity contribution in [3.05, 3.63) is 18.5 Å². The van der Waals surface area contributed by atoms with Crippen LogP contribution in [0.2, 0.25) is 0 Å². The number of aromatic nitrogens is 1. The summed E-state index contributed by atoms with van der Waals surface area (Å²) in [4.78, 5) is 0. The Labute approximate surface area is 42.0 Å². The number of nitrogens with zero attached hydrogens (tertiary/aromatic N) is 1. The Morgan fingerprint density at radius 2 is 2.43 bits per heavy atom. The van der Waals surface area contributed by atoms with E-state index in [9.17, 15) is 5.11 Å². The highest BCUT2D eigenvalue weighted by atomic mass is 16.3. The lowest BCUT2D eigenvalue weighted by Crippen LogP contribution is -1.75. The van der Waals surface area contributed by atoms with Gasteiger partial charge in [0.2, 0.25) is 0 Å². The van der Waals surface area contributed by atoms with Crippen LogP contribution in [0.25, 0.3) is 0 Å². The van der Waals surface area contributed by atoms with E-state index in [0.717, 1.165) is 0 Å². The Balaban J connectivity index is 3.04. The monoisotopic (exact) mass is 96.0 g/mol. The van der Waals surface area contributed by atoms with Crippen LogP contribution in [0.15, 0.2) is 18.5 Å². The normalized spacial score (nSPS) is 9.29. The van der Waals surface area contributed by atoms with E-state index in [1.165, 1.54) is 12.3 Å². The number of aryl methyl sites for hydroxylation is 1. The quantitative estimate of drug-likeness (QED) is 0.463. The molecule has 0 atom stereocenters. The molecule has 1 aromatic rings. The summed E-state index contributed by atoms with van der Waals surface area (Å²) < 4.78 is 1.72. The molecule has 0 aliphatic rings. The predicted molar refractivity (Wildman–Crippen MR) is 25.5 cm³/mol. The van der Waals surface area contributed by atoms with Crippen molar-refractivity contribution in [2.24, 2.45) is 7.05 Å². The molecule has 0 fully saturated rings. The first-order valence-electron chi connectivity index (χ1n) is 2.08. The summed E-state index contributed by atoms with van der Waals surface area (Å²) >= 11 is 0. The number of hydrogen-bond acceptors (Lipinski definition) is 0. The van der Waals surface area contributed by atoms with Gasteiger partial charge in [-0.3, -0.25) is 5.11 Å². The zero-order chi connectivity index (χ0) is 5.28. The molecule has 0 unspecified atom stereocenters. The van der Waals surface area contributed by atoms with E-state index in [1.807, 2.05) is 7.05 Å². The lowest BCUT2D eigenvalue weighted by atomic mass is 10.6. The molecule has 2 heteroatoms. The smallest absolute Gasteiger partial charge is 0.196 e. The zero-order valence-electron chi connectivity index (χ0n) is 4.09. The van der Waals surface area contributed by atoms with Gasteiger partial charge in [0.25, 0.3) is 0 Å². The molecule has 0 N–H and O–H groups in total. The van der Waals surface area contributed by atoms with Gasteiger partial charge in [-0.05, 0) is 0 Å². The highest BCUT2D eigenvalue weighted by Crippen LogP contribution is 2.05. The predicted octanol–water partition coefficient (Wildman–Crippen LogP) is 1.17. The standard InChI is InChI=1S/C5H6NO/c1-6-3-2-5(7)4-6/h2-4H,1H3. The van der Waals surface area contributed by atoms with Crippen molar-refractivity contribution in [1.82, 2.24) is 4.57 Å². The van der Waals surface area contributed by atoms with E-state index >= 15 is 0 Å². The van der Waals surface area contributed by atoms with Crippen LogP contribution >= 0.6 is 0 Å². The molecule has 37 valence electrons. The van der Waals surface area contributed by atoms with Crippen molar-refractivity contribution >= 4 is 0 Å². The third-order valence-corrected chi connectivity index (χ3v) is 0.805. The van der Waals surface area contributed by atoms with Crippen molar-refractivity contribution < 1.29 is 5.11 Å². The highest BCUT2D eigenvalue weighted by molar-refractivity contribution is 5.13. The van der Waals surface area contributed by atoms with Crippen LogP contribution in [-0.2, 0) is 12.2 Å². The Morgan fingerprint density at radius 1 is 1.71 bits per heavy atom. The highest BCUT2D eigenvalue weighted by Gasteiger charge is 1.86. The molecule has 0 saturated heterocycles. The van der Waals surface area contributed by atoms with Crippen molar-refractivity contribution in [3.63, 3.8) is 0 Å². The van der Waals surface area contributed by atoms with Gasteiger partial charge in [0.15, 0.2) is 5.75 Å². The molecule has 0 spiro atoms. The summed E-state index contributed by atoms with van der Waals surface area (Å²) in [5, 5.41) is 10.3. The van der Waals surface area contributed by atoms with Gasteiger partial charge in [-0.25, -0.2) is 0 Å². The first-order chi connectivity index (χ1) is 3.29. The van der Waals surface area contributed by atoms with Crippen LogP contribution < -0.4 is 0 Å². The second-order valence-corrected chi connectivity index (χ2v) is 1.51. The molecule has 2 nitrogen and oxygen atoms in total. The average molecular weight is 96.1 g/mol. The molecule has 0 aliphatic heterocycles. The maximum Gasteiger partial charge on any atom is 0.196 e. The van der Waals surface area contributed by atoms with Crippen LogP contribution in [0.4, 0.5) is 0 Å². The van der Waals surface area contributed by atoms with Gasteiger partial charge >= 0.3 is 0 Å². The molecule has 1 radical (unpaired) electrons. The van der Waals surface area contributed by atoms with Crippen LogP contribution in [0, 0.1) is 0 Å². The molecular formula is C5H6NO. The van der Waals surface area contributed by atoms with E-state index in [0.29, 0.717) is 0 Å². The lowest BCUT2D eigenvalue weighted by molar-refractivity contribution is 0.354. The van der Waals surface area contributed by atoms with Gasteiger partial charge in [-0.1, -0.05) is 0 Å². The second-order valence-electron chi connectivity index (χ2n) is 1.51. The van der Waals surface area contributed by atoms with Gasteiger partial charge in [0, 0.05) is 19.3 Å². The molecule has 7 heavy (non-hydrogen) atoms. The Kier molecular flexibility index (Phi) is 0.785. The fraction of sp³-hybridized carbons (Fsp3) is 0.200. The van der Waals surface area contributed by atoms with Crippen LogP contribution in [0.5, 0.6) is 5.75 Å². The van der Waals surface area contributed by atoms with E-state index in [4.69, 9.17) is 0 Å². The largest absolute Gasteiger partial charge is 0.354 e. The Hall–Kier alpha value is -0.920. The van der Waals surface area contributed by atoms with Gasteiger partial charge in [0.1, 0.15) is 0 Å². The maximum atomic E-state index is 10.3. The second kappa shape index (κ2) is 1.30. The summed E-state index contributed by atoms with van der Waals surface area (Å²) in [6.45, 7) is 0. The molecule has 0 aromatic carbocycles. The topological polar surface area (TPSA) is 24.8 Å². The minimum atomic E-state index is 0.0718. The summed E-state index contributed by atoms with van der Waals surface area (Å²) in [6.07, 6.45) is 3.25. The fourth-order valence-corrected chi connectivity index (χ4v) is 0.478. The third-order valence-electron chi connectivity index (χ3n) is 0.805. The van der Waals surface area contributed by atoms with E-state index in [1.54, 1.807) is 10.8 Å². The van der Waals surface area contributed by atoms with Crippen molar-refractivity contribution in [2.45, 2.75) is 0 Å². The van der Waals surface area contributed by atoms with Crippen molar-refractivity contribution in [1.29, 1.82) is 0 Å². The van der Waals surface area contributed by atoms with E-state index in [2.05, 4.69) is 0 Å². The van der Waals surface area contributed by atoms with Gasteiger partial charge in [0.05, 0.1) is 6.20 Å². The third kappa shape index (κ3) is 0.738. The molecule has 0 saturated carbocycles. The zero-order valence-corrected chi connectivity index (χ0v) is 4.09. The fourth-order valence-electron chi connectivity index (χ4n) is 0.478. The molecule has 1 rings (SSSR count). The number of hydrogen-bond donors (Lipinski definition) is 0. The molecule has 1 aromatic heterocycles. The Morgan fingerprint density at radius 3 is 2.57 bits per heavy atom. The minimum Gasteiger partial charge on any atom is -0.354 e. The lowest BCUT2D eigenvalue weighted by Gasteiger charge is -1.79. The van der Waals surface area contributed by atoms with Crippen molar-refractivity contribution in [2.75, 3.05) is 0 Å². The minimum absolute atomic E-state index is 0.0718. The SMILES string of the molecule is Cn1ccc([O])c1. The molecule has 1 heterocycles. The first-order valence-corrected chi connectivity index (χ1v) is 2.08. The summed E-state index contributed by atoms with van der Waals surface area (Å²) in [5.74, 6) is 0.0718. The van der Waals surface area contributed by atoms with Gasteiger partial charge < -0.3 is 4.57 Å². The van der Waals surface area contributed by atoms with Crippen LogP contribution in [0.1, 0.15) is 0 Å². The number of rotatable bonds is 0. The van der Waals surface area contributed by atoms with E-state index in [-0.39, 0.29) is 5.75 Å². The molecular weight excluding hydrogens is 90.1 g/mol. The Bertz CT molecular complexity index is 140. The van der Waals surface area contributed by atoms with Gasteiger partial charge in [-0.15, -0.1) is 0 Å². The van der Waals surface area contributed by atoms with Crippen LogP contribution in [-0.4, -0.2) is 4.57 Å². The summed E-state index contributed by atoms with van der Waals surface area (Å²) in [7, 11) is 1.82. The molecule has 0 bridgehead atoms. The summed E-state index contributed by atoms with van der Waals surface area (Å²) in [6, 6.07) is 1.53. The summed E-state index contributed by atoms with van der Waals surface area (Å²) in [5.41, 5.74) is 0. The van der Waals surface area contributed by atoms with Gasteiger partial charge in [-0.2, -0.15) is 0 Å². The molecule has 0 amide bonds. The van der Waals surface area contributed by atoms with Crippen LogP contribution in [0.3, 0.4) is 0 Å². The molecule has 0 aliphatic carbocycles. The van der Waals surface area contributed by atoms with E-state index < -0.39 is 0 Å². The van der Waals surface area contributed by atoms with Crippen molar-refractivity contribution in [3.8, 4) is 5.75 Å². The average Bonchev–Trinajstić information content (AvgIpc) is 1.87. The first kappa shape index (κ1) is 4.24. The maximum absolute atomic E-state index is 10.3.